The van der Waals surface area contributed by atoms with Crippen LogP contribution in [0.3, 0.4) is 0 Å². The highest BCUT2D eigenvalue weighted by molar-refractivity contribution is 7.90. The lowest BCUT2D eigenvalue weighted by Gasteiger charge is -1.99. The highest BCUT2D eigenvalue weighted by atomic mass is 32.2. The Bertz CT molecular complexity index is 555. The number of sulfone groups is 1. The van der Waals surface area contributed by atoms with Gasteiger partial charge in [-0.25, -0.2) is 8.42 Å². The molecular formula is C10H13N3O2S. The molecule has 5 nitrogen and oxygen atoms in total. The van der Waals surface area contributed by atoms with Crippen molar-refractivity contribution < 1.29 is 8.42 Å². The Morgan fingerprint density at radius 3 is 2.62 bits per heavy atom. The van der Waals surface area contributed by atoms with E-state index in [-0.39, 0.29) is 5.75 Å². The van der Waals surface area contributed by atoms with Crippen LogP contribution in [0, 0.1) is 0 Å². The Labute approximate surface area is 94.2 Å². The summed E-state index contributed by atoms with van der Waals surface area (Å²) < 4.78 is 25.5. The van der Waals surface area contributed by atoms with Crippen LogP contribution in [0.2, 0.25) is 0 Å². The fourth-order valence-corrected chi connectivity index (χ4v) is 1.89. The summed E-state index contributed by atoms with van der Waals surface area (Å²) in [6.45, 7) is 0.389. The van der Waals surface area contributed by atoms with E-state index in [2.05, 4.69) is 5.10 Å². The molecule has 0 saturated heterocycles. The average molecular weight is 239 g/mol. The lowest BCUT2D eigenvalue weighted by atomic mass is 10.5. The minimum atomic E-state index is -2.93. The third kappa shape index (κ3) is 2.73. The minimum Gasteiger partial charge on any atom is -0.321 e. The Morgan fingerprint density at radius 2 is 2.00 bits per heavy atom. The van der Waals surface area contributed by atoms with Crippen molar-refractivity contribution >= 4 is 9.84 Å². The zero-order chi connectivity index (χ0) is 11.6. The third-order valence-corrected chi connectivity index (χ3v) is 3.14. The van der Waals surface area contributed by atoms with Gasteiger partial charge in [-0.05, 0) is 12.1 Å². The van der Waals surface area contributed by atoms with Crippen molar-refractivity contribution in [1.82, 2.24) is 14.3 Å². The van der Waals surface area contributed by atoms with Gasteiger partial charge in [-0.3, -0.25) is 4.68 Å². The predicted octanol–water partition coefficient (Wildman–Crippen LogP) is 0.718. The summed E-state index contributed by atoms with van der Waals surface area (Å²) in [5.74, 6) is 0.111. The molecular weight excluding hydrogens is 226 g/mol. The molecule has 16 heavy (non-hydrogen) atoms. The lowest BCUT2D eigenvalue weighted by Crippen LogP contribution is -2.11. The molecule has 0 N–H and O–H groups in total. The predicted molar refractivity (Wildman–Crippen MR) is 61.3 cm³/mol. The van der Waals surface area contributed by atoms with Gasteiger partial charge in [-0.1, -0.05) is 0 Å². The third-order valence-electron chi connectivity index (χ3n) is 2.21. The van der Waals surface area contributed by atoms with Gasteiger partial charge in [0.05, 0.1) is 24.2 Å². The fraction of sp³-hybridized carbons (Fsp3) is 0.300. The first-order valence-electron chi connectivity index (χ1n) is 4.88. The van der Waals surface area contributed by atoms with Gasteiger partial charge in [0, 0.05) is 24.8 Å². The number of rotatable bonds is 4. The van der Waals surface area contributed by atoms with Crippen molar-refractivity contribution in [1.29, 1.82) is 0 Å². The van der Waals surface area contributed by atoms with Crippen LogP contribution in [-0.2, 0) is 16.4 Å². The first-order valence-corrected chi connectivity index (χ1v) is 6.94. The maximum Gasteiger partial charge on any atom is 0.149 e. The summed E-state index contributed by atoms with van der Waals surface area (Å²) in [5, 5.41) is 4.11. The van der Waals surface area contributed by atoms with Gasteiger partial charge in [-0.2, -0.15) is 5.10 Å². The van der Waals surface area contributed by atoms with E-state index in [0.717, 1.165) is 5.69 Å². The molecule has 2 aromatic heterocycles. The van der Waals surface area contributed by atoms with Crippen LogP contribution in [0.4, 0.5) is 0 Å². The Balaban J connectivity index is 2.09. The van der Waals surface area contributed by atoms with Gasteiger partial charge in [0.15, 0.2) is 0 Å². The summed E-state index contributed by atoms with van der Waals surface area (Å²) in [6.07, 6.45) is 8.59. The topological polar surface area (TPSA) is 56.9 Å². The number of aryl methyl sites for hydroxylation is 1. The SMILES string of the molecule is CS(=O)(=O)CCn1cc(-n2cccc2)cn1. The molecule has 2 heterocycles. The molecule has 86 valence electrons. The molecule has 0 saturated carbocycles. The lowest BCUT2D eigenvalue weighted by molar-refractivity contribution is 0.586. The highest BCUT2D eigenvalue weighted by Crippen LogP contribution is 2.06. The van der Waals surface area contributed by atoms with Crippen LogP contribution in [0.5, 0.6) is 0 Å². The van der Waals surface area contributed by atoms with Crippen molar-refractivity contribution in [3.05, 3.63) is 36.9 Å². The normalized spacial score (nSPS) is 11.8. The zero-order valence-corrected chi connectivity index (χ0v) is 9.76. The summed E-state index contributed by atoms with van der Waals surface area (Å²) in [7, 11) is -2.93. The molecule has 0 radical (unpaired) electrons. The van der Waals surface area contributed by atoms with Crippen LogP contribution >= 0.6 is 0 Å². The van der Waals surface area contributed by atoms with E-state index in [0.29, 0.717) is 6.54 Å². The second-order valence-corrected chi connectivity index (χ2v) is 5.94. The van der Waals surface area contributed by atoms with Crippen molar-refractivity contribution in [2.24, 2.45) is 0 Å². The molecule has 6 heteroatoms. The Kier molecular flexibility index (Phi) is 2.82. The van der Waals surface area contributed by atoms with Gasteiger partial charge < -0.3 is 4.57 Å². The maximum absolute atomic E-state index is 11.0. The van der Waals surface area contributed by atoms with Gasteiger partial charge in [0.2, 0.25) is 0 Å². The molecule has 0 unspecified atom stereocenters. The van der Waals surface area contributed by atoms with Crippen LogP contribution in [0.25, 0.3) is 5.69 Å². The molecule has 0 aromatic carbocycles. The fourth-order valence-electron chi connectivity index (χ4n) is 1.37. The monoisotopic (exact) mass is 239 g/mol. The number of hydrogen-bond donors (Lipinski definition) is 0. The number of aromatic nitrogens is 3. The minimum absolute atomic E-state index is 0.111. The summed E-state index contributed by atoms with van der Waals surface area (Å²) in [5.41, 5.74) is 0.929. The second-order valence-electron chi connectivity index (χ2n) is 3.68. The number of hydrogen-bond acceptors (Lipinski definition) is 3. The molecule has 0 aliphatic carbocycles. The summed E-state index contributed by atoms with van der Waals surface area (Å²) in [4.78, 5) is 0. The molecule has 0 amide bonds. The molecule has 0 aliphatic rings. The van der Waals surface area contributed by atoms with Crippen LogP contribution in [-0.4, -0.2) is 34.8 Å². The van der Waals surface area contributed by atoms with Gasteiger partial charge in [0.1, 0.15) is 9.84 Å². The second kappa shape index (κ2) is 4.13. The largest absolute Gasteiger partial charge is 0.321 e. The van der Waals surface area contributed by atoms with Crippen molar-refractivity contribution in [3.8, 4) is 5.69 Å². The van der Waals surface area contributed by atoms with Crippen molar-refractivity contribution in [3.63, 3.8) is 0 Å². The maximum atomic E-state index is 11.0. The van der Waals surface area contributed by atoms with Crippen LogP contribution in [0.15, 0.2) is 36.9 Å². The molecule has 2 rings (SSSR count). The first kappa shape index (κ1) is 10.9. The van der Waals surface area contributed by atoms with E-state index in [1.54, 1.807) is 10.9 Å². The van der Waals surface area contributed by atoms with Crippen molar-refractivity contribution in [2.75, 3.05) is 12.0 Å². The summed E-state index contributed by atoms with van der Waals surface area (Å²) in [6, 6.07) is 3.85. The van der Waals surface area contributed by atoms with E-state index in [1.807, 2.05) is 35.3 Å². The zero-order valence-electron chi connectivity index (χ0n) is 8.94. The van der Waals surface area contributed by atoms with Gasteiger partial charge >= 0.3 is 0 Å². The Morgan fingerprint density at radius 1 is 1.31 bits per heavy atom. The molecule has 2 aromatic rings. The summed E-state index contributed by atoms with van der Waals surface area (Å²) >= 11 is 0. The van der Waals surface area contributed by atoms with Crippen molar-refractivity contribution in [2.45, 2.75) is 6.54 Å². The smallest absolute Gasteiger partial charge is 0.149 e. The molecule has 0 fully saturated rings. The average Bonchev–Trinajstić information content (AvgIpc) is 2.84. The van der Waals surface area contributed by atoms with E-state index >= 15 is 0 Å². The van der Waals surface area contributed by atoms with E-state index < -0.39 is 9.84 Å². The molecule has 0 bridgehead atoms. The standard InChI is InChI=1S/C10H13N3O2S/c1-16(14,15)7-6-13-9-10(8-11-13)12-4-2-3-5-12/h2-5,8-9H,6-7H2,1H3. The van der Waals surface area contributed by atoms with Gasteiger partial charge in [0.25, 0.3) is 0 Å². The first-order chi connectivity index (χ1) is 7.54. The van der Waals surface area contributed by atoms with E-state index in [1.165, 1.54) is 6.26 Å². The van der Waals surface area contributed by atoms with E-state index in [9.17, 15) is 8.42 Å². The molecule has 0 spiro atoms. The van der Waals surface area contributed by atoms with Crippen LogP contribution < -0.4 is 0 Å². The Hall–Kier alpha value is -1.56. The van der Waals surface area contributed by atoms with Crippen LogP contribution in [0.1, 0.15) is 0 Å². The van der Waals surface area contributed by atoms with E-state index in [4.69, 9.17) is 0 Å². The highest BCUT2D eigenvalue weighted by Gasteiger charge is 2.04. The number of nitrogens with zero attached hydrogens (tertiary/aromatic N) is 3. The molecule has 0 atom stereocenters. The quantitative estimate of drug-likeness (QED) is 0.790. The molecule has 0 aliphatic heterocycles. The van der Waals surface area contributed by atoms with Gasteiger partial charge in [-0.15, -0.1) is 0 Å².